The molecule has 0 fully saturated rings. The minimum atomic E-state index is -0.304. The predicted molar refractivity (Wildman–Crippen MR) is 51.2 cm³/mol. The summed E-state index contributed by atoms with van der Waals surface area (Å²) < 4.78 is 13.3. The average molecular weight is 230 g/mol. The summed E-state index contributed by atoms with van der Waals surface area (Å²) in [6.45, 7) is -0.304. The molecule has 1 nitrogen and oxygen atoms in total. The second kappa shape index (κ2) is 3.05. The number of alkyl halides is 1. The summed E-state index contributed by atoms with van der Waals surface area (Å²) in [6, 6.07) is 5.94. The van der Waals surface area contributed by atoms with Gasteiger partial charge in [0.25, 0.3) is 0 Å². The molecular weight excluding hydrogens is 221 g/mol. The van der Waals surface area contributed by atoms with Gasteiger partial charge in [-0.1, -0.05) is 12.1 Å². The van der Waals surface area contributed by atoms with Crippen LogP contribution in [0.1, 0.15) is 5.56 Å². The SMILES string of the molecule is FCC1Cc2cccc(Br)c2N1. The van der Waals surface area contributed by atoms with Gasteiger partial charge in [-0.2, -0.15) is 0 Å². The predicted octanol–water partition coefficient (Wildman–Crippen LogP) is 2.76. The number of hydrogen-bond acceptors (Lipinski definition) is 1. The molecule has 0 saturated carbocycles. The summed E-state index contributed by atoms with van der Waals surface area (Å²) in [7, 11) is 0. The van der Waals surface area contributed by atoms with E-state index < -0.39 is 0 Å². The fraction of sp³-hybridized carbons (Fsp3) is 0.333. The molecule has 1 heterocycles. The van der Waals surface area contributed by atoms with Crippen molar-refractivity contribution in [1.29, 1.82) is 0 Å². The standard InChI is InChI=1S/C9H9BrFN/c10-8-3-1-2-6-4-7(5-11)12-9(6)8/h1-3,7,12H,4-5H2. The van der Waals surface area contributed by atoms with E-state index in [2.05, 4.69) is 21.2 Å². The van der Waals surface area contributed by atoms with Crippen molar-refractivity contribution in [2.75, 3.05) is 12.0 Å². The van der Waals surface area contributed by atoms with Gasteiger partial charge in [-0.05, 0) is 34.0 Å². The van der Waals surface area contributed by atoms with E-state index >= 15 is 0 Å². The molecule has 12 heavy (non-hydrogen) atoms. The van der Waals surface area contributed by atoms with Crippen molar-refractivity contribution in [2.45, 2.75) is 12.5 Å². The van der Waals surface area contributed by atoms with Crippen LogP contribution in [0.25, 0.3) is 0 Å². The van der Waals surface area contributed by atoms with E-state index in [1.165, 1.54) is 5.56 Å². The molecule has 0 saturated heterocycles. The van der Waals surface area contributed by atoms with Gasteiger partial charge in [0.1, 0.15) is 6.67 Å². The first-order valence-corrected chi connectivity index (χ1v) is 4.70. The number of fused-ring (bicyclic) bond motifs is 1. The Morgan fingerprint density at radius 3 is 3.08 bits per heavy atom. The highest BCUT2D eigenvalue weighted by atomic mass is 79.9. The lowest BCUT2D eigenvalue weighted by Gasteiger charge is -2.05. The van der Waals surface area contributed by atoms with Crippen molar-refractivity contribution in [3.05, 3.63) is 28.2 Å². The first-order valence-electron chi connectivity index (χ1n) is 3.91. The van der Waals surface area contributed by atoms with Gasteiger partial charge in [-0.25, -0.2) is 4.39 Å². The lowest BCUT2D eigenvalue weighted by Crippen LogP contribution is -2.17. The first-order chi connectivity index (χ1) is 5.81. The highest BCUT2D eigenvalue weighted by molar-refractivity contribution is 9.10. The van der Waals surface area contributed by atoms with Crippen molar-refractivity contribution in [3.63, 3.8) is 0 Å². The number of anilines is 1. The first kappa shape index (κ1) is 8.05. The van der Waals surface area contributed by atoms with E-state index in [1.54, 1.807) is 0 Å². The normalized spacial score (nSPS) is 20.3. The lowest BCUT2D eigenvalue weighted by molar-refractivity contribution is 0.450. The maximum atomic E-state index is 12.3. The van der Waals surface area contributed by atoms with Crippen LogP contribution in [0.5, 0.6) is 0 Å². The largest absolute Gasteiger partial charge is 0.378 e. The zero-order valence-electron chi connectivity index (χ0n) is 6.48. The van der Waals surface area contributed by atoms with Crippen LogP contribution in [0.3, 0.4) is 0 Å². The van der Waals surface area contributed by atoms with Crippen LogP contribution in [0, 0.1) is 0 Å². The number of nitrogens with one attached hydrogen (secondary N) is 1. The third-order valence-corrected chi connectivity index (χ3v) is 2.76. The molecule has 1 atom stereocenters. The van der Waals surface area contributed by atoms with E-state index in [0.29, 0.717) is 0 Å². The van der Waals surface area contributed by atoms with Crippen molar-refractivity contribution >= 4 is 21.6 Å². The van der Waals surface area contributed by atoms with Crippen molar-refractivity contribution in [3.8, 4) is 0 Å². The van der Waals surface area contributed by atoms with Gasteiger partial charge in [0, 0.05) is 4.47 Å². The molecular formula is C9H9BrFN. The van der Waals surface area contributed by atoms with Crippen LogP contribution in [0.4, 0.5) is 10.1 Å². The molecule has 1 unspecified atom stereocenters. The van der Waals surface area contributed by atoms with Gasteiger partial charge in [0.2, 0.25) is 0 Å². The Bertz CT molecular complexity index is 301. The Hall–Kier alpha value is -0.570. The molecule has 0 amide bonds. The molecule has 1 aromatic rings. The highest BCUT2D eigenvalue weighted by Crippen LogP contribution is 2.32. The highest BCUT2D eigenvalue weighted by Gasteiger charge is 2.21. The molecule has 0 aliphatic carbocycles. The molecule has 64 valence electrons. The van der Waals surface area contributed by atoms with E-state index in [4.69, 9.17) is 0 Å². The average Bonchev–Trinajstić information content (AvgIpc) is 2.49. The van der Waals surface area contributed by atoms with Crippen molar-refractivity contribution < 1.29 is 4.39 Å². The van der Waals surface area contributed by atoms with Crippen LogP contribution in [0.15, 0.2) is 22.7 Å². The number of benzene rings is 1. The maximum Gasteiger partial charge on any atom is 0.110 e. The summed E-state index contributed by atoms with van der Waals surface area (Å²) in [5, 5.41) is 3.13. The number of para-hydroxylation sites is 1. The summed E-state index contributed by atoms with van der Waals surface area (Å²) in [6.07, 6.45) is 0.797. The summed E-state index contributed by atoms with van der Waals surface area (Å²) >= 11 is 3.42. The Kier molecular flexibility index (Phi) is 2.05. The topological polar surface area (TPSA) is 12.0 Å². The molecule has 1 aliphatic rings. The Balaban J connectivity index is 2.35. The summed E-state index contributed by atoms with van der Waals surface area (Å²) in [5.74, 6) is 0. The van der Waals surface area contributed by atoms with Gasteiger partial charge in [0.15, 0.2) is 0 Å². The fourth-order valence-corrected chi connectivity index (χ4v) is 2.04. The molecule has 0 aromatic heterocycles. The second-order valence-electron chi connectivity index (χ2n) is 2.97. The van der Waals surface area contributed by atoms with E-state index in [-0.39, 0.29) is 12.7 Å². The summed E-state index contributed by atoms with van der Waals surface area (Å²) in [4.78, 5) is 0. The third kappa shape index (κ3) is 1.22. The Morgan fingerprint density at radius 2 is 2.42 bits per heavy atom. The monoisotopic (exact) mass is 229 g/mol. The van der Waals surface area contributed by atoms with Gasteiger partial charge in [-0.15, -0.1) is 0 Å². The van der Waals surface area contributed by atoms with E-state index in [1.807, 2.05) is 18.2 Å². The third-order valence-electron chi connectivity index (χ3n) is 2.10. The molecule has 0 radical (unpaired) electrons. The zero-order valence-corrected chi connectivity index (χ0v) is 8.07. The van der Waals surface area contributed by atoms with Crippen molar-refractivity contribution in [2.24, 2.45) is 0 Å². The smallest absolute Gasteiger partial charge is 0.110 e. The molecule has 2 rings (SSSR count). The Morgan fingerprint density at radius 1 is 1.58 bits per heavy atom. The second-order valence-corrected chi connectivity index (χ2v) is 3.83. The number of rotatable bonds is 1. The number of hydrogen-bond donors (Lipinski definition) is 1. The van der Waals surface area contributed by atoms with Crippen LogP contribution >= 0.6 is 15.9 Å². The molecule has 1 aliphatic heterocycles. The Labute approximate surface area is 79.1 Å². The van der Waals surface area contributed by atoms with Crippen LogP contribution < -0.4 is 5.32 Å². The van der Waals surface area contributed by atoms with Gasteiger partial charge in [-0.3, -0.25) is 0 Å². The zero-order chi connectivity index (χ0) is 8.55. The molecule has 0 bridgehead atoms. The minimum Gasteiger partial charge on any atom is -0.378 e. The quantitative estimate of drug-likeness (QED) is 0.782. The van der Waals surface area contributed by atoms with Crippen LogP contribution in [-0.4, -0.2) is 12.7 Å². The van der Waals surface area contributed by atoms with Gasteiger partial charge < -0.3 is 5.32 Å². The fourth-order valence-electron chi connectivity index (χ4n) is 1.51. The van der Waals surface area contributed by atoms with Crippen LogP contribution in [-0.2, 0) is 6.42 Å². The van der Waals surface area contributed by atoms with Gasteiger partial charge in [0.05, 0.1) is 11.7 Å². The van der Waals surface area contributed by atoms with E-state index in [0.717, 1.165) is 16.6 Å². The molecule has 3 heteroatoms. The van der Waals surface area contributed by atoms with Crippen molar-refractivity contribution in [1.82, 2.24) is 0 Å². The lowest BCUT2D eigenvalue weighted by atomic mass is 10.1. The number of halogens is 2. The maximum absolute atomic E-state index is 12.3. The molecule has 1 aromatic carbocycles. The minimum absolute atomic E-state index is 0.0290. The molecule has 1 N–H and O–H groups in total. The van der Waals surface area contributed by atoms with Gasteiger partial charge >= 0.3 is 0 Å². The van der Waals surface area contributed by atoms with Crippen LogP contribution in [0.2, 0.25) is 0 Å². The van der Waals surface area contributed by atoms with E-state index in [9.17, 15) is 4.39 Å². The summed E-state index contributed by atoms with van der Waals surface area (Å²) in [5.41, 5.74) is 2.26. The molecule has 0 spiro atoms.